The number of carbonyl (C=O) groups is 1. The lowest BCUT2D eigenvalue weighted by Gasteiger charge is -2.06. The highest BCUT2D eigenvalue weighted by Gasteiger charge is 2.08. The van der Waals surface area contributed by atoms with E-state index in [2.05, 4.69) is 0 Å². The van der Waals surface area contributed by atoms with Crippen LogP contribution in [-0.2, 0) is 16.1 Å². The predicted octanol–water partition coefficient (Wildman–Crippen LogP) is 1.22. The molecule has 0 radical (unpaired) electrons. The molecule has 0 spiro atoms. The molecule has 76 valence electrons. The molecule has 0 bridgehead atoms. The third kappa shape index (κ3) is 3.14. The maximum Gasteiger partial charge on any atom is 0.322 e. The number of hydrogen-bond donors (Lipinski definition) is 1. The van der Waals surface area contributed by atoms with Crippen LogP contribution >= 0.6 is 0 Å². The van der Waals surface area contributed by atoms with Crippen molar-refractivity contribution in [2.45, 2.75) is 19.6 Å². The first kappa shape index (κ1) is 10.7. The van der Waals surface area contributed by atoms with Crippen LogP contribution in [0.3, 0.4) is 0 Å². The Labute approximate surface area is 81.7 Å². The Morgan fingerprint density at radius 1 is 1.50 bits per heavy atom. The molecule has 0 aliphatic rings. The molecule has 1 aromatic rings. The fraction of sp³-hybridized carbons (Fsp3) is 0.300. The summed E-state index contributed by atoms with van der Waals surface area (Å²) in [5.74, 6) is -0.776. The van der Waals surface area contributed by atoms with Crippen LogP contribution in [0.1, 0.15) is 12.5 Å². The number of rotatable bonds is 3. The lowest BCUT2D eigenvalue weighted by Crippen LogP contribution is -2.28. The van der Waals surface area contributed by atoms with Crippen molar-refractivity contribution in [2.75, 3.05) is 0 Å². The Hall–Kier alpha value is -1.42. The van der Waals surface area contributed by atoms with Gasteiger partial charge in [-0.25, -0.2) is 4.39 Å². The molecule has 14 heavy (non-hydrogen) atoms. The summed E-state index contributed by atoms with van der Waals surface area (Å²) < 4.78 is 17.3. The molecule has 3 nitrogen and oxygen atoms in total. The van der Waals surface area contributed by atoms with E-state index in [1.807, 2.05) is 0 Å². The number of nitrogens with two attached hydrogens (primary N) is 1. The number of benzene rings is 1. The SMILES string of the molecule is C[C@H](N)C(=O)OCc1ccc(F)cc1. The van der Waals surface area contributed by atoms with Crippen molar-refractivity contribution in [3.63, 3.8) is 0 Å². The highest BCUT2D eigenvalue weighted by molar-refractivity contribution is 5.74. The Balaban J connectivity index is 2.46. The lowest BCUT2D eigenvalue weighted by molar-refractivity contribution is -0.146. The molecule has 1 aromatic carbocycles. The van der Waals surface area contributed by atoms with Gasteiger partial charge in [-0.05, 0) is 24.6 Å². The maximum atomic E-state index is 12.5. The molecule has 0 saturated carbocycles. The van der Waals surface area contributed by atoms with Crippen molar-refractivity contribution in [3.05, 3.63) is 35.6 Å². The first-order chi connectivity index (χ1) is 6.59. The second-order valence-electron chi connectivity index (χ2n) is 3.02. The van der Waals surface area contributed by atoms with E-state index < -0.39 is 12.0 Å². The van der Waals surface area contributed by atoms with Gasteiger partial charge in [-0.1, -0.05) is 12.1 Å². The van der Waals surface area contributed by atoms with Gasteiger partial charge in [-0.3, -0.25) is 4.79 Å². The molecular formula is C10H12FNO2. The van der Waals surface area contributed by atoms with Gasteiger partial charge < -0.3 is 10.5 Å². The first-order valence-electron chi connectivity index (χ1n) is 4.26. The summed E-state index contributed by atoms with van der Waals surface area (Å²) in [6.07, 6.45) is 0. The van der Waals surface area contributed by atoms with Gasteiger partial charge in [0, 0.05) is 0 Å². The monoisotopic (exact) mass is 197 g/mol. The van der Waals surface area contributed by atoms with Crippen molar-refractivity contribution in [1.82, 2.24) is 0 Å². The molecule has 0 unspecified atom stereocenters. The van der Waals surface area contributed by atoms with Crippen molar-refractivity contribution < 1.29 is 13.9 Å². The maximum absolute atomic E-state index is 12.5. The molecule has 0 fully saturated rings. The Bertz CT molecular complexity index is 308. The minimum atomic E-state index is -0.629. The quantitative estimate of drug-likeness (QED) is 0.741. The van der Waals surface area contributed by atoms with E-state index in [-0.39, 0.29) is 12.4 Å². The lowest BCUT2D eigenvalue weighted by atomic mass is 10.2. The van der Waals surface area contributed by atoms with E-state index in [1.54, 1.807) is 19.1 Å². The molecule has 1 rings (SSSR count). The summed E-state index contributed by atoms with van der Waals surface area (Å²) in [5.41, 5.74) is 6.03. The molecule has 0 aliphatic carbocycles. The van der Waals surface area contributed by atoms with Gasteiger partial charge in [-0.15, -0.1) is 0 Å². The minimum Gasteiger partial charge on any atom is -0.460 e. The molecule has 0 saturated heterocycles. The zero-order chi connectivity index (χ0) is 10.6. The Morgan fingerprint density at radius 2 is 2.07 bits per heavy atom. The summed E-state index contributed by atoms with van der Waals surface area (Å²) in [7, 11) is 0. The van der Waals surface area contributed by atoms with Crippen molar-refractivity contribution in [1.29, 1.82) is 0 Å². The second-order valence-corrected chi connectivity index (χ2v) is 3.02. The van der Waals surface area contributed by atoms with E-state index in [0.717, 1.165) is 5.56 Å². The first-order valence-corrected chi connectivity index (χ1v) is 4.26. The predicted molar refractivity (Wildman–Crippen MR) is 49.8 cm³/mol. The van der Waals surface area contributed by atoms with E-state index in [0.29, 0.717) is 0 Å². The van der Waals surface area contributed by atoms with Gasteiger partial charge in [0.1, 0.15) is 18.5 Å². The van der Waals surface area contributed by atoms with E-state index in [4.69, 9.17) is 10.5 Å². The number of esters is 1. The standard InChI is InChI=1S/C10H12FNO2/c1-7(12)10(13)14-6-8-2-4-9(11)5-3-8/h2-5,7H,6,12H2,1H3/t7-/m0/s1. The summed E-state index contributed by atoms with van der Waals surface area (Å²) >= 11 is 0. The number of carbonyl (C=O) groups excluding carboxylic acids is 1. The third-order valence-corrected chi connectivity index (χ3v) is 1.67. The zero-order valence-electron chi connectivity index (χ0n) is 7.87. The average Bonchev–Trinajstić information content (AvgIpc) is 2.16. The van der Waals surface area contributed by atoms with E-state index in [9.17, 15) is 9.18 Å². The van der Waals surface area contributed by atoms with Gasteiger partial charge >= 0.3 is 5.97 Å². The number of halogens is 1. The summed E-state index contributed by atoms with van der Waals surface area (Å²) in [5, 5.41) is 0. The molecule has 4 heteroatoms. The smallest absolute Gasteiger partial charge is 0.322 e. The minimum absolute atomic E-state index is 0.126. The molecule has 2 N–H and O–H groups in total. The number of hydrogen-bond acceptors (Lipinski definition) is 3. The third-order valence-electron chi connectivity index (χ3n) is 1.67. The fourth-order valence-electron chi connectivity index (χ4n) is 0.867. The molecule has 0 amide bonds. The van der Waals surface area contributed by atoms with Gasteiger partial charge in [0.05, 0.1) is 0 Å². The van der Waals surface area contributed by atoms with Gasteiger partial charge in [0.2, 0.25) is 0 Å². The summed E-state index contributed by atoms with van der Waals surface area (Å²) in [4.78, 5) is 11.0. The fourth-order valence-corrected chi connectivity index (χ4v) is 0.867. The van der Waals surface area contributed by atoms with Crippen molar-refractivity contribution in [3.8, 4) is 0 Å². The van der Waals surface area contributed by atoms with Gasteiger partial charge in [0.15, 0.2) is 0 Å². The van der Waals surface area contributed by atoms with Crippen LogP contribution in [0, 0.1) is 5.82 Å². The van der Waals surface area contributed by atoms with Crippen molar-refractivity contribution in [2.24, 2.45) is 5.73 Å². The normalized spacial score (nSPS) is 12.2. The second kappa shape index (κ2) is 4.72. The number of ether oxygens (including phenoxy) is 1. The largest absolute Gasteiger partial charge is 0.460 e. The van der Waals surface area contributed by atoms with Crippen LogP contribution in [0.25, 0.3) is 0 Å². The van der Waals surface area contributed by atoms with Crippen molar-refractivity contribution >= 4 is 5.97 Å². The topological polar surface area (TPSA) is 52.3 Å². The summed E-state index contributed by atoms with van der Waals surface area (Å²) in [6, 6.07) is 5.12. The van der Waals surface area contributed by atoms with Crippen LogP contribution in [0.2, 0.25) is 0 Å². The molecule has 1 atom stereocenters. The van der Waals surface area contributed by atoms with Crippen LogP contribution in [0.5, 0.6) is 0 Å². The highest BCUT2D eigenvalue weighted by Crippen LogP contribution is 2.04. The average molecular weight is 197 g/mol. The Kier molecular flexibility index (Phi) is 3.59. The Morgan fingerprint density at radius 3 is 2.57 bits per heavy atom. The molecule has 0 heterocycles. The molecular weight excluding hydrogens is 185 g/mol. The van der Waals surface area contributed by atoms with Crippen LogP contribution in [-0.4, -0.2) is 12.0 Å². The van der Waals surface area contributed by atoms with Crippen LogP contribution in [0.4, 0.5) is 4.39 Å². The van der Waals surface area contributed by atoms with E-state index >= 15 is 0 Å². The zero-order valence-corrected chi connectivity index (χ0v) is 7.87. The van der Waals surface area contributed by atoms with Crippen LogP contribution < -0.4 is 5.73 Å². The van der Waals surface area contributed by atoms with Gasteiger partial charge in [0.25, 0.3) is 0 Å². The van der Waals surface area contributed by atoms with E-state index in [1.165, 1.54) is 12.1 Å². The highest BCUT2D eigenvalue weighted by atomic mass is 19.1. The van der Waals surface area contributed by atoms with Gasteiger partial charge in [-0.2, -0.15) is 0 Å². The molecule has 0 aliphatic heterocycles. The van der Waals surface area contributed by atoms with Crippen LogP contribution in [0.15, 0.2) is 24.3 Å². The molecule has 0 aromatic heterocycles. The summed E-state index contributed by atoms with van der Waals surface area (Å²) in [6.45, 7) is 1.67.